The topological polar surface area (TPSA) is 83.0 Å². The number of rotatable bonds is 9. The average Bonchev–Trinajstić information content (AvgIpc) is 2.70. The van der Waals surface area contributed by atoms with Crippen molar-refractivity contribution in [3.63, 3.8) is 0 Å². The first-order valence-electron chi connectivity index (χ1n) is 9.14. The van der Waals surface area contributed by atoms with Gasteiger partial charge in [0.2, 0.25) is 10.0 Å². The van der Waals surface area contributed by atoms with E-state index in [1.54, 1.807) is 37.4 Å². The van der Waals surface area contributed by atoms with Crippen LogP contribution in [0.15, 0.2) is 64.5 Å². The Balaban J connectivity index is 0.00000420. The lowest BCUT2D eigenvalue weighted by molar-refractivity contribution is 0.340. The predicted molar refractivity (Wildman–Crippen MR) is 127 cm³/mol. The van der Waals surface area contributed by atoms with Crippen molar-refractivity contribution in [2.45, 2.75) is 18.4 Å². The van der Waals surface area contributed by atoms with Crippen LogP contribution >= 0.6 is 24.0 Å². The van der Waals surface area contributed by atoms with E-state index < -0.39 is 10.0 Å². The number of guanidine groups is 1. The first-order valence-corrected chi connectivity index (χ1v) is 10.6. The van der Waals surface area contributed by atoms with Crippen molar-refractivity contribution in [2.75, 3.05) is 33.8 Å². The molecule has 2 N–H and O–H groups in total. The first-order chi connectivity index (χ1) is 13.5. The Bertz CT molecular complexity index is 859. The highest BCUT2D eigenvalue weighted by Gasteiger charge is 2.12. The van der Waals surface area contributed by atoms with Gasteiger partial charge in [0.05, 0.1) is 11.5 Å². The molecule has 0 aliphatic carbocycles. The minimum Gasteiger partial charge on any atom is -0.494 e. The molecular formula is C20H29IN4O3S. The summed E-state index contributed by atoms with van der Waals surface area (Å²) in [6.45, 7) is 3.95. The molecule has 0 radical (unpaired) electrons. The van der Waals surface area contributed by atoms with Gasteiger partial charge in [-0.2, -0.15) is 0 Å². The number of nitrogens with one attached hydrogen (secondary N) is 2. The molecule has 0 saturated heterocycles. The zero-order valence-electron chi connectivity index (χ0n) is 17.0. The molecule has 0 aliphatic rings. The van der Waals surface area contributed by atoms with Crippen LogP contribution in [0.1, 0.15) is 12.5 Å². The lowest BCUT2D eigenvalue weighted by atomic mass is 10.2. The summed E-state index contributed by atoms with van der Waals surface area (Å²) in [4.78, 5) is 6.48. The molecular weight excluding hydrogens is 503 g/mol. The minimum atomic E-state index is -3.50. The largest absolute Gasteiger partial charge is 0.494 e. The minimum absolute atomic E-state index is 0. The van der Waals surface area contributed by atoms with Crippen LogP contribution in [0, 0.1) is 0 Å². The highest BCUT2D eigenvalue weighted by atomic mass is 127. The molecule has 0 fully saturated rings. The SMILES string of the molecule is CCOc1ccc(CN(C)C(=NC)NCCNS(=O)(=O)c2ccccc2)cc1.I. The van der Waals surface area contributed by atoms with Crippen LogP contribution < -0.4 is 14.8 Å². The Kier molecular flexibility index (Phi) is 11.0. The highest BCUT2D eigenvalue weighted by molar-refractivity contribution is 14.0. The fourth-order valence-electron chi connectivity index (χ4n) is 2.63. The number of ether oxygens (including phenoxy) is 1. The fourth-order valence-corrected chi connectivity index (χ4v) is 3.69. The van der Waals surface area contributed by atoms with Gasteiger partial charge in [0, 0.05) is 33.7 Å². The number of benzene rings is 2. The Morgan fingerprint density at radius 2 is 1.72 bits per heavy atom. The molecule has 29 heavy (non-hydrogen) atoms. The number of halogens is 1. The summed E-state index contributed by atoms with van der Waals surface area (Å²) in [5.74, 6) is 1.54. The van der Waals surface area contributed by atoms with E-state index in [0.717, 1.165) is 11.3 Å². The maximum atomic E-state index is 12.2. The second-order valence-corrected chi connectivity index (χ2v) is 7.88. The van der Waals surface area contributed by atoms with Crippen molar-refractivity contribution in [3.8, 4) is 5.75 Å². The van der Waals surface area contributed by atoms with Crippen LogP contribution in [0.4, 0.5) is 0 Å². The molecule has 0 amide bonds. The van der Waals surface area contributed by atoms with E-state index in [0.29, 0.717) is 25.7 Å². The fraction of sp³-hybridized carbons (Fsp3) is 0.350. The van der Waals surface area contributed by atoms with E-state index in [-0.39, 0.29) is 35.4 Å². The van der Waals surface area contributed by atoms with Gasteiger partial charge in [0.1, 0.15) is 5.75 Å². The van der Waals surface area contributed by atoms with Gasteiger partial charge in [-0.05, 0) is 36.8 Å². The van der Waals surface area contributed by atoms with Crippen molar-refractivity contribution in [1.29, 1.82) is 0 Å². The quantitative estimate of drug-likeness (QED) is 0.225. The number of sulfonamides is 1. The Hall–Kier alpha value is -1.85. The number of nitrogens with zero attached hydrogens (tertiary/aromatic N) is 2. The molecule has 0 atom stereocenters. The number of aliphatic imine (C=N–C) groups is 1. The van der Waals surface area contributed by atoms with Crippen molar-refractivity contribution >= 4 is 40.0 Å². The summed E-state index contributed by atoms with van der Waals surface area (Å²) < 4.78 is 32.4. The van der Waals surface area contributed by atoms with E-state index >= 15 is 0 Å². The monoisotopic (exact) mass is 532 g/mol. The highest BCUT2D eigenvalue weighted by Crippen LogP contribution is 2.13. The molecule has 9 heteroatoms. The van der Waals surface area contributed by atoms with E-state index in [9.17, 15) is 8.42 Å². The molecule has 0 unspecified atom stereocenters. The molecule has 2 rings (SSSR count). The van der Waals surface area contributed by atoms with Crippen LogP contribution in [-0.4, -0.2) is 53.1 Å². The van der Waals surface area contributed by atoms with Gasteiger partial charge in [0.25, 0.3) is 0 Å². The van der Waals surface area contributed by atoms with E-state index in [1.807, 2.05) is 43.1 Å². The van der Waals surface area contributed by atoms with Crippen LogP contribution in [0.2, 0.25) is 0 Å². The molecule has 160 valence electrons. The number of hydrogen-bond donors (Lipinski definition) is 2. The Morgan fingerprint density at radius 1 is 1.07 bits per heavy atom. The van der Waals surface area contributed by atoms with Crippen molar-refractivity contribution in [1.82, 2.24) is 14.9 Å². The summed E-state index contributed by atoms with van der Waals surface area (Å²) in [6, 6.07) is 16.2. The van der Waals surface area contributed by atoms with Crippen molar-refractivity contribution < 1.29 is 13.2 Å². The van der Waals surface area contributed by atoms with Gasteiger partial charge in [-0.25, -0.2) is 13.1 Å². The molecule has 7 nitrogen and oxygen atoms in total. The molecule has 2 aromatic carbocycles. The predicted octanol–water partition coefficient (Wildman–Crippen LogP) is 2.69. The van der Waals surface area contributed by atoms with Crippen LogP contribution in [0.25, 0.3) is 0 Å². The van der Waals surface area contributed by atoms with Crippen LogP contribution in [0.5, 0.6) is 5.75 Å². The maximum absolute atomic E-state index is 12.2. The second-order valence-electron chi connectivity index (χ2n) is 6.12. The molecule has 0 bridgehead atoms. The lowest BCUT2D eigenvalue weighted by Gasteiger charge is -2.22. The van der Waals surface area contributed by atoms with E-state index in [1.165, 1.54) is 0 Å². The summed E-state index contributed by atoms with van der Waals surface area (Å²) in [7, 11) is 0.132. The van der Waals surface area contributed by atoms with Gasteiger partial charge in [0.15, 0.2) is 5.96 Å². The maximum Gasteiger partial charge on any atom is 0.240 e. The summed E-state index contributed by atoms with van der Waals surface area (Å²) in [5.41, 5.74) is 1.12. The van der Waals surface area contributed by atoms with Gasteiger partial charge in [-0.1, -0.05) is 30.3 Å². The Morgan fingerprint density at radius 3 is 2.31 bits per heavy atom. The lowest BCUT2D eigenvalue weighted by Crippen LogP contribution is -2.42. The standard InChI is InChI=1S/C20H28N4O3S.HI/c1-4-27-18-12-10-17(11-13-18)16-24(3)20(21-2)22-14-15-23-28(25,26)19-8-6-5-7-9-19;/h5-13,23H,4,14-16H2,1-3H3,(H,21,22);1H. The molecule has 0 aromatic heterocycles. The third kappa shape index (κ3) is 8.19. The molecule has 0 spiro atoms. The normalized spacial score (nSPS) is 11.5. The van der Waals surface area contributed by atoms with Crippen LogP contribution in [-0.2, 0) is 16.6 Å². The van der Waals surface area contributed by atoms with E-state index in [4.69, 9.17) is 4.74 Å². The zero-order chi connectivity index (χ0) is 20.4. The summed E-state index contributed by atoms with van der Waals surface area (Å²) in [6.07, 6.45) is 0. The van der Waals surface area contributed by atoms with Gasteiger partial charge in [-0.3, -0.25) is 4.99 Å². The molecule has 2 aromatic rings. The molecule has 0 aliphatic heterocycles. The number of hydrogen-bond acceptors (Lipinski definition) is 4. The third-order valence-corrected chi connectivity index (χ3v) is 5.46. The van der Waals surface area contributed by atoms with Gasteiger partial charge in [-0.15, -0.1) is 24.0 Å². The van der Waals surface area contributed by atoms with Crippen LogP contribution in [0.3, 0.4) is 0 Å². The summed E-state index contributed by atoms with van der Waals surface area (Å²) in [5, 5.41) is 3.17. The van der Waals surface area contributed by atoms with Crippen molar-refractivity contribution in [2.24, 2.45) is 4.99 Å². The molecule has 0 heterocycles. The van der Waals surface area contributed by atoms with E-state index in [2.05, 4.69) is 15.0 Å². The second kappa shape index (κ2) is 12.7. The van der Waals surface area contributed by atoms with Crippen molar-refractivity contribution in [3.05, 3.63) is 60.2 Å². The third-order valence-electron chi connectivity index (χ3n) is 3.98. The first kappa shape index (κ1) is 25.2. The molecule has 0 saturated carbocycles. The Labute approximate surface area is 190 Å². The zero-order valence-corrected chi connectivity index (χ0v) is 20.1. The summed E-state index contributed by atoms with van der Waals surface area (Å²) >= 11 is 0. The van der Waals surface area contributed by atoms with Gasteiger partial charge < -0.3 is 15.0 Å². The average molecular weight is 532 g/mol. The van der Waals surface area contributed by atoms with Gasteiger partial charge >= 0.3 is 0 Å². The smallest absolute Gasteiger partial charge is 0.240 e.